The predicted octanol–water partition coefficient (Wildman–Crippen LogP) is 1.57. The van der Waals surface area contributed by atoms with Crippen molar-refractivity contribution in [2.45, 2.75) is 19.3 Å². The molecular formula is C16H29N4+. The zero-order valence-electron chi connectivity index (χ0n) is 12.9. The molecule has 1 heterocycles. The maximum Gasteiger partial charge on any atom is 0.0912 e. The van der Waals surface area contributed by atoms with Crippen LogP contribution < -0.4 is 11.5 Å². The molecule has 4 N–H and O–H groups in total. The third-order valence-corrected chi connectivity index (χ3v) is 4.38. The fourth-order valence-corrected chi connectivity index (χ4v) is 2.76. The van der Waals surface area contributed by atoms with Crippen molar-refractivity contribution < 1.29 is 4.48 Å². The van der Waals surface area contributed by atoms with Gasteiger partial charge in [-0.3, -0.25) is 4.90 Å². The van der Waals surface area contributed by atoms with Gasteiger partial charge in [0.1, 0.15) is 0 Å². The van der Waals surface area contributed by atoms with Gasteiger partial charge in [-0.15, -0.1) is 0 Å². The lowest BCUT2D eigenvalue weighted by Gasteiger charge is -2.39. The summed E-state index contributed by atoms with van der Waals surface area (Å²) in [6.45, 7) is 6.22. The lowest BCUT2D eigenvalue weighted by atomic mass is 10.1. The first kappa shape index (κ1) is 15.1. The van der Waals surface area contributed by atoms with E-state index in [2.05, 4.69) is 25.1 Å². The minimum Gasteiger partial charge on any atom is -0.399 e. The van der Waals surface area contributed by atoms with Crippen LogP contribution in [0.25, 0.3) is 0 Å². The first-order valence-electron chi connectivity index (χ1n) is 7.64. The number of benzene rings is 1. The Balaban J connectivity index is 1.67. The number of hydrogen-bond donors (Lipinski definition) is 2. The molecule has 1 saturated heterocycles. The zero-order chi connectivity index (χ0) is 14.6. The van der Waals surface area contributed by atoms with Gasteiger partial charge in [0, 0.05) is 24.5 Å². The number of anilines is 2. The van der Waals surface area contributed by atoms with E-state index in [1.54, 1.807) is 0 Å². The topological polar surface area (TPSA) is 55.3 Å². The van der Waals surface area contributed by atoms with Crippen molar-refractivity contribution in [1.82, 2.24) is 4.90 Å². The lowest BCUT2D eigenvalue weighted by Crippen LogP contribution is -2.54. The molecule has 0 saturated carbocycles. The molecule has 0 aromatic heterocycles. The van der Waals surface area contributed by atoms with E-state index in [0.717, 1.165) is 17.8 Å². The minimum atomic E-state index is 0.750. The van der Waals surface area contributed by atoms with Crippen molar-refractivity contribution in [3.63, 3.8) is 0 Å². The Hall–Kier alpha value is -1.26. The van der Waals surface area contributed by atoms with E-state index in [-0.39, 0.29) is 0 Å². The highest BCUT2D eigenvalue weighted by Crippen LogP contribution is 2.18. The maximum atomic E-state index is 5.98. The standard InChI is InChI=1S/C16H29N4/c1-20(2)11-9-19(10-12-20)8-4-3-5-14-6-7-15(17)13-16(14)18/h6-7,13H,3-5,8-12,17-18H2,1-2H3/q+1. The van der Waals surface area contributed by atoms with Gasteiger partial charge < -0.3 is 16.0 Å². The predicted molar refractivity (Wildman–Crippen MR) is 86.5 cm³/mol. The van der Waals surface area contributed by atoms with Gasteiger partial charge in [0.15, 0.2) is 0 Å². The number of piperazine rings is 1. The van der Waals surface area contributed by atoms with Gasteiger partial charge in [-0.25, -0.2) is 0 Å². The molecule has 1 aliphatic rings. The van der Waals surface area contributed by atoms with E-state index in [0.29, 0.717) is 0 Å². The number of likely N-dealkylation sites (N-methyl/N-ethyl adjacent to an activating group) is 1. The summed E-state index contributed by atoms with van der Waals surface area (Å²) in [7, 11) is 4.64. The van der Waals surface area contributed by atoms with Crippen molar-refractivity contribution in [2.75, 3.05) is 58.3 Å². The van der Waals surface area contributed by atoms with Gasteiger partial charge in [-0.2, -0.15) is 0 Å². The highest BCUT2D eigenvalue weighted by atomic mass is 15.4. The molecule has 2 rings (SSSR count). The second kappa shape index (κ2) is 6.46. The van der Waals surface area contributed by atoms with Gasteiger partial charge in [0.25, 0.3) is 0 Å². The summed E-state index contributed by atoms with van der Waals surface area (Å²) < 4.78 is 1.17. The van der Waals surface area contributed by atoms with E-state index >= 15 is 0 Å². The van der Waals surface area contributed by atoms with Gasteiger partial charge in [-0.05, 0) is 43.5 Å². The fourth-order valence-electron chi connectivity index (χ4n) is 2.76. The number of nitrogens with zero attached hydrogens (tertiary/aromatic N) is 2. The van der Waals surface area contributed by atoms with Crippen LogP contribution in [0.5, 0.6) is 0 Å². The number of quaternary nitrogens is 1. The SMILES string of the molecule is C[N+]1(C)CCN(CCCCc2ccc(N)cc2N)CC1. The number of hydrogen-bond acceptors (Lipinski definition) is 3. The third-order valence-electron chi connectivity index (χ3n) is 4.38. The molecule has 1 aromatic carbocycles. The molecule has 0 unspecified atom stereocenters. The summed E-state index contributed by atoms with van der Waals surface area (Å²) in [5.41, 5.74) is 14.5. The maximum absolute atomic E-state index is 5.98. The van der Waals surface area contributed by atoms with Crippen molar-refractivity contribution in [3.8, 4) is 0 Å². The molecule has 1 aromatic rings. The molecule has 0 aliphatic carbocycles. The van der Waals surface area contributed by atoms with Crippen LogP contribution in [0.2, 0.25) is 0 Å². The van der Waals surface area contributed by atoms with E-state index in [4.69, 9.17) is 11.5 Å². The van der Waals surface area contributed by atoms with E-state index < -0.39 is 0 Å². The minimum absolute atomic E-state index is 0.750. The Labute approximate surface area is 122 Å². The number of aryl methyl sites for hydroxylation is 1. The molecule has 4 nitrogen and oxygen atoms in total. The third kappa shape index (κ3) is 4.39. The van der Waals surface area contributed by atoms with E-state index in [1.807, 2.05) is 12.1 Å². The Morgan fingerprint density at radius 2 is 1.80 bits per heavy atom. The van der Waals surface area contributed by atoms with Crippen LogP contribution in [0, 0.1) is 0 Å². The molecular weight excluding hydrogens is 248 g/mol. The second-order valence-electron chi connectivity index (χ2n) is 6.64. The van der Waals surface area contributed by atoms with Crippen LogP contribution in [-0.2, 0) is 6.42 Å². The van der Waals surface area contributed by atoms with E-state index in [9.17, 15) is 0 Å². The van der Waals surface area contributed by atoms with Gasteiger partial charge in [-0.1, -0.05) is 6.07 Å². The fraction of sp³-hybridized carbons (Fsp3) is 0.625. The highest BCUT2D eigenvalue weighted by molar-refractivity contribution is 5.56. The molecule has 1 fully saturated rings. The van der Waals surface area contributed by atoms with Crippen LogP contribution in [-0.4, -0.2) is 56.2 Å². The summed E-state index contributed by atoms with van der Waals surface area (Å²) in [6, 6.07) is 5.86. The van der Waals surface area contributed by atoms with Crippen molar-refractivity contribution in [3.05, 3.63) is 23.8 Å². The largest absolute Gasteiger partial charge is 0.399 e. The Morgan fingerprint density at radius 1 is 1.10 bits per heavy atom. The summed E-state index contributed by atoms with van der Waals surface area (Å²) in [4.78, 5) is 2.59. The van der Waals surface area contributed by atoms with Crippen LogP contribution in [0.4, 0.5) is 11.4 Å². The second-order valence-corrected chi connectivity index (χ2v) is 6.64. The van der Waals surface area contributed by atoms with Crippen LogP contribution in [0.3, 0.4) is 0 Å². The normalized spacial score (nSPS) is 19.1. The zero-order valence-corrected chi connectivity index (χ0v) is 12.9. The Morgan fingerprint density at radius 3 is 2.45 bits per heavy atom. The summed E-state index contributed by atoms with van der Waals surface area (Å²) in [6.07, 6.45) is 3.50. The average Bonchev–Trinajstić information content (AvgIpc) is 2.38. The van der Waals surface area contributed by atoms with Gasteiger partial charge in [0.05, 0.1) is 27.2 Å². The molecule has 0 bridgehead atoms. The quantitative estimate of drug-likeness (QED) is 0.488. The van der Waals surface area contributed by atoms with Crippen molar-refractivity contribution in [1.29, 1.82) is 0 Å². The molecule has 112 valence electrons. The molecule has 0 atom stereocenters. The first-order valence-corrected chi connectivity index (χ1v) is 7.64. The smallest absolute Gasteiger partial charge is 0.0912 e. The molecule has 1 aliphatic heterocycles. The lowest BCUT2D eigenvalue weighted by molar-refractivity contribution is -0.894. The number of rotatable bonds is 5. The summed E-state index contributed by atoms with van der Waals surface area (Å²) in [5.74, 6) is 0. The molecule has 0 spiro atoms. The number of nitrogen functional groups attached to an aromatic ring is 2. The molecule has 0 amide bonds. The first-order chi connectivity index (χ1) is 9.46. The Kier molecular flexibility index (Phi) is 4.89. The summed E-state index contributed by atoms with van der Waals surface area (Å²) in [5, 5.41) is 0. The molecule has 4 heteroatoms. The van der Waals surface area contributed by atoms with Gasteiger partial charge in [0.2, 0.25) is 0 Å². The Bertz CT molecular complexity index is 432. The van der Waals surface area contributed by atoms with Crippen molar-refractivity contribution >= 4 is 11.4 Å². The number of nitrogens with two attached hydrogens (primary N) is 2. The van der Waals surface area contributed by atoms with Crippen LogP contribution >= 0.6 is 0 Å². The van der Waals surface area contributed by atoms with Crippen molar-refractivity contribution in [2.24, 2.45) is 0 Å². The summed E-state index contributed by atoms with van der Waals surface area (Å²) >= 11 is 0. The van der Waals surface area contributed by atoms with Crippen LogP contribution in [0.15, 0.2) is 18.2 Å². The van der Waals surface area contributed by atoms with E-state index in [1.165, 1.54) is 55.6 Å². The van der Waals surface area contributed by atoms with Crippen LogP contribution in [0.1, 0.15) is 18.4 Å². The average molecular weight is 277 g/mol. The molecule has 20 heavy (non-hydrogen) atoms. The monoisotopic (exact) mass is 277 g/mol. The number of unbranched alkanes of at least 4 members (excludes halogenated alkanes) is 1. The molecule has 0 radical (unpaired) electrons. The van der Waals surface area contributed by atoms with Gasteiger partial charge >= 0.3 is 0 Å². The highest BCUT2D eigenvalue weighted by Gasteiger charge is 2.23.